The maximum Gasteiger partial charge on any atom is 0.316 e. The second-order valence-corrected chi connectivity index (χ2v) is 39.6. The fraction of sp³-hybridized carbons (Fsp3) is 0.328. The number of phenolic OH excluding ortho intramolecular Hbond substituents is 2. The molecule has 0 amide bonds. The van der Waals surface area contributed by atoms with Gasteiger partial charge in [0.1, 0.15) is 17.2 Å². The Labute approximate surface area is 809 Å². The predicted molar refractivity (Wildman–Crippen MR) is 563 cm³/mol. The largest absolute Gasteiger partial charge is 0.508 e. The molecule has 0 atom stereocenters. The van der Waals surface area contributed by atoms with Gasteiger partial charge in [0.25, 0.3) is 0 Å². The van der Waals surface area contributed by atoms with Crippen molar-refractivity contribution in [1.82, 2.24) is 9.80 Å². The molecule has 5 N–H and O–H groups in total. The van der Waals surface area contributed by atoms with Crippen LogP contribution in [0.4, 0.5) is 11.4 Å². The van der Waals surface area contributed by atoms with E-state index < -0.39 is 10.8 Å². The number of carbonyl (C=O) groups is 2. The lowest BCUT2D eigenvalue weighted by atomic mass is 9.85. The minimum atomic E-state index is -0.591. The summed E-state index contributed by atoms with van der Waals surface area (Å²) >= 11 is 0. The highest BCUT2D eigenvalue weighted by atomic mass is 16.5. The van der Waals surface area contributed by atoms with Crippen molar-refractivity contribution >= 4 is 67.9 Å². The number of hydrogen-bond acceptors (Lipinski definition) is 13. The number of nitrogens with zero attached hydrogens (tertiary/aromatic N) is 5. The zero-order valence-electron chi connectivity index (χ0n) is 82.0. The van der Waals surface area contributed by atoms with Crippen molar-refractivity contribution in [2.24, 2.45) is 10.8 Å². The van der Waals surface area contributed by atoms with Crippen molar-refractivity contribution in [3.63, 3.8) is 0 Å². The highest BCUT2D eigenvalue weighted by Crippen LogP contribution is 2.44. The monoisotopic (exact) mass is 1820 g/mol. The van der Waals surface area contributed by atoms with Crippen LogP contribution >= 0.6 is 0 Å². The standard InChI is InChI=1S/C38H48N2O4.C29H33NO.C28H31NO2.C27H29NO2/c1-37(2,3)35(41)43-27-11-14-33(28-12-9-8-10-13-28)34(30-17-21-32(22-18-30)44-36(42)38(4,5)6)29-15-19-31(20-16-29)40-25-23-39(7)24-26-40;1-23-12-14-25(15-13-23)29(28(11-8-22-31)24-9-4-2-5-10-24)26-16-18-27(19-17-26)30-20-6-3-7-21-30;1-29(2)19-25(20-29)21-10-12-23(13-11-21)28(24-14-16-26(31)17-15-24)27(9-6-18-30)22-7-4-3-5-8-22;1-28-18-24(19-28)20-9-11-22(12-10-20)27(23-13-15-25(30)16-14-23)26(8-5-17-29)21-6-3-2-4-7-21/h8-10,12-13,15-22H,11,14,23-27H2,1-7H3;2,4-5,9-10,12-19,31H,3,6-8,11,20-22H2,1H3;3-5,7-8,10-17,25,30H,6,9,18-20H2,1-2H3;2-4,6-7,9-16,24,29-30H,5,8,17-19H2,1H3/p+1/b34-33+;29-28-;28-27+;27-26+. The number of allylic oxidation sites excluding steroid dienone is 4. The summed E-state index contributed by atoms with van der Waals surface area (Å²) in [6, 6.07) is 109. The van der Waals surface area contributed by atoms with Crippen LogP contribution in [0.3, 0.4) is 0 Å². The van der Waals surface area contributed by atoms with E-state index in [1.807, 2.05) is 108 Å². The molecule has 4 aliphatic rings. The number of piperidine rings is 1. The molecule has 0 radical (unpaired) electrons. The number of likely N-dealkylation sites (N-methyl/N-ethyl adjacent to an activating group) is 3. The van der Waals surface area contributed by atoms with Crippen molar-refractivity contribution in [1.29, 1.82) is 0 Å². The Morgan fingerprint density at radius 3 is 0.963 bits per heavy atom. The Morgan fingerprint density at radius 1 is 0.338 bits per heavy atom. The Hall–Kier alpha value is -12.5. The molecule has 4 saturated heterocycles. The first kappa shape index (κ1) is 101. The maximum absolute atomic E-state index is 12.5. The maximum atomic E-state index is 12.5. The van der Waals surface area contributed by atoms with Crippen molar-refractivity contribution < 1.29 is 49.1 Å². The van der Waals surface area contributed by atoms with E-state index >= 15 is 0 Å². The highest BCUT2D eigenvalue weighted by molar-refractivity contribution is 6.02. The van der Waals surface area contributed by atoms with Crippen LogP contribution in [-0.2, 0) is 14.3 Å². The van der Waals surface area contributed by atoms with Crippen LogP contribution in [0.2, 0.25) is 0 Å². The average molecular weight is 1820 g/mol. The van der Waals surface area contributed by atoms with E-state index in [9.17, 15) is 35.1 Å². The minimum absolute atomic E-state index is 0.160. The van der Waals surface area contributed by atoms with Crippen LogP contribution in [0.15, 0.2) is 315 Å². The van der Waals surface area contributed by atoms with Crippen molar-refractivity contribution in [2.45, 2.75) is 131 Å². The van der Waals surface area contributed by atoms with Gasteiger partial charge in [0, 0.05) is 89.5 Å². The molecular weight excluding hydrogens is 1680 g/mol. The normalized spacial score (nSPS) is 15.5. The van der Waals surface area contributed by atoms with Crippen LogP contribution in [-0.4, -0.2) is 172 Å². The summed E-state index contributed by atoms with van der Waals surface area (Å²) in [6.45, 7) is 25.2. The van der Waals surface area contributed by atoms with Crippen LogP contribution in [0.25, 0.3) is 44.6 Å². The minimum Gasteiger partial charge on any atom is -0.508 e. The number of likely N-dealkylation sites (tertiary alicyclic amines) is 2. The molecule has 0 aromatic heterocycles. The van der Waals surface area contributed by atoms with Gasteiger partial charge in [0.05, 0.1) is 50.5 Å². The third kappa shape index (κ3) is 28.1. The number of aromatic hydroxyl groups is 2. The summed E-state index contributed by atoms with van der Waals surface area (Å²) < 4.78 is 12.4. The van der Waals surface area contributed by atoms with Gasteiger partial charge >= 0.3 is 11.9 Å². The summed E-state index contributed by atoms with van der Waals surface area (Å²) in [5, 5.41) is 48.3. The van der Waals surface area contributed by atoms with Gasteiger partial charge in [-0.25, -0.2) is 0 Å². The molecule has 136 heavy (non-hydrogen) atoms. The van der Waals surface area contributed by atoms with Crippen molar-refractivity contribution in [2.75, 3.05) is 130 Å². The number of phenols is 2. The van der Waals surface area contributed by atoms with Gasteiger partial charge in [-0.15, -0.1) is 0 Å². The number of ether oxygens (including phenoxy) is 2. The van der Waals surface area contributed by atoms with E-state index in [0.29, 0.717) is 43.5 Å². The lowest BCUT2D eigenvalue weighted by molar-refractivity contribution is -0.932. The van der Waals surface area contributed by atoms with Crippen LogP contribution < -0.4 is 14.5 Å². The van der Waals surface area contributed by atoms with Crippen molar-refractivity contribution in [3.8, 4) is 17.2 Å². The van der Waals surface area contributed by atoms with Gasteiger partial charge in [-0.05, 0) is 316 Å². The van der Waals surface area contributed by atoms with Gasteiger partial charge < -0.3 is 59.1 Å². The fourth-order valence-electron chi connectivity index (χ4n) is 18.6. The molecule has 14 heteroatoms. The lowest BCUT2D eigenvalue weighted by Gasteiger charge is -2.44. The number of rotatable bonds is 30. The van der Waals surface area contributed by atoms with E-state index in [1.54, 1.807) is 24.3 Å². The second-order valence-electron chi connectivity index (χ2n) is 39.6. The van der Waals surface area contributed by atoms with Gasteiger partial charge in [0.2, 0.25) is 0 Å². The van der Waals surface area contributed by atoms with Gasteiger partial charge in [-0.1, -0.05) is 260 Å². The summed E-state index contributed by atoms with van der Waals surface area (Å²) in [5.74, 6) is 1.84. The molecule has 12 aromatic rings. The topological polar surface area (TPSA) is 167 Å². The molecule has 708 valence electrons. The molecule has 0 unspecified atom stereocenters. The number of aryl methyl sites for hydroxylation is 1. The number of quaternary nitrogens is 1. The smallest absolute Gasteiger partial charge is 0.316 e. The quantitative estimate of drug-likeness (QED) is 0.00950. The number of aliphatic hydroxyl groups excluding tert-OH is 3. The molecular formula is C122H142N5O9+. The zero-order chi connectivity index (χ0) is 96.1. The molecule has 0 bridgehead atoms. The summed E-state index contributed by atoms with van der Waals surface area (Å²) in [7, 11) is 8.89. The average Bonchev–Trinajstić information content (AvgIpc) is 0.778. The number of aliphatic hydroxyl groups is 3. The molecule has 4 aliphatic heterocycles. The van der Waals surface area contributed by atoms with Gasteiger partial charge in [-0.3, -0.25) is 9.59 Å². The first-order valence-corrected chi connectivity index (χ1v) is 48.9. The molecule has 4 heterocycles. The number of esters is 2. The third-order valence-corrected chi connectivity index (χ3v) is 26.2. The number of benzene rings is 12. The van der Waals surface area contributed by atoms with Gasteiger partial charge in [0.15, 0.2) is 0 Å². The van der Waals surface area contributed by atoms with Crippen LogP contribution in [0.5, 0.6) is 17.2 Å². The van der Waals surface area contributed by atoms with E-state index in [4.69, 9.17) is 9.47 Å². The summed E-state index contributed by atoms with van der Waals surface area (Å²) in [4.78, 5) is 34.6. The van der Waals surface area contributed by atoms with E-state index in [0.717, 1.165) is 139 Å². The van der Waals surface area contributed by atoms with E-state index in [2.05, 4.69) is 279 Å². The van der Waals surface area contributed by atoms with Crippen molar-refractivity contribution in [3.05, 3.63) is 399 Å². The fourth-order valence-corrected chi connectivity index (χ4v) is 18.6. The predicted octanol–water partition coefficient (Wildman–Crippen LogP) is 24.9. The lowest BCUT2D eigenvalue weighted by Crippen LogP contribution is -2.56. The molecule has 0 spiro atoms. The Bertz CT molecular complexity index is 5880. The first-order valence-electron chi connectivity index (χ1n) is 48.9. The molecule has 12 aromatic carbocycles. The van der Waals surface area contributed by atoms with E-state index in [-0.39, 0.29) is 43.3 Å². The Morgan fingerprint density at radius 2 is 0.640 bits per heavy atom. The molecule has 14 nitrogen and oxygen atoms in total. The van der Waals surface area contributed by atoms with Gasteiger partial charge in [-0.2, -0.15) is 0 Å². The number of carbonyl (C=O) groups excluding carboxylic acids is 2. The molecule has 0 saturated carbocycles. The van der Waals surface area contributed by atoms with Crippen LogP contribution in [0.1, 0.15) is 207 Å². The van der Waals surface area contributed by atoms with Crippen LogP contribution in [0, 0.1) is 17.8 Å². The van der Waals surface area contributed by atoms with E-state index in [1.165, 1.54) is 122 Å². The Balaban J connectivity index is 0.000000155. The molecule has 0 aliphatic carbocycles. The SMILES string of the molecule is CN1CC(c2ccc(/C(=C(/CCCO)c3ccccc3)c3ccc(O)cc3)cc2)C1.CN1CCN(c2ccc(/C(=C(/CCCOC(=O)C(C)(C)C)c3ccccc3)c3ccc(OC(=O)C(C)(C)C)cc3)cc2)CC1.C[N+]1(C)CC(c2ccc(/C(=C(/CCCO)c3ccccc3)c3ccc(O)cc3)cc2)C1.Cc1ccc(/C(=C(\CCCO)c2ccccc2)c2ccc(N3CCCCC3)cc2)cc1. The number of hydrogen-bond donors (Lipinski definition) is 5. The third-order valence-electron chi connectivity index (χ3n) is 26.2. The number of anilines is 2. The summed E-state index contributed by atoms with van der Waals surface area (Å²) in [6.07, 6.45) is 9.91. The second kappa shape index (κ2) is 48.8. The first-order chi connectivity index (χ1) is 65.7. The molecule has 16 rings (SSSR count). The Kier molecular flexibility index (Phi) is 36.2. The highest BCUT2D eigenvalue weighted by Gasteiger charge is 2.38. The summed E-state index contributed by atoms with van der Waals surface area (Å²) in [5.41, 5.74) is 28.8. The number of piperazine rings is 1. The zero-order valence-corrected chi connectivity index (χ0v) is 82.0. The molecule has 4 fully saturated rings.